The summed E-state index contributed by atoms with van der Waals surface area (Å²) in [7, 11) is 1.58. The third-order valence-corrected chi connectivity index (χ3v) is 3.39. The summed E-state index contributed by atoms with van der Waals surface area (Å²) in [6, 6.07) is 9.51. The number of carbonyl (C=O) groups is 1. The summed E-state index contributed by atoms with van der Waals surface area (Å²) < 4.78 is 10.4. The van der Waals surface area contributed by atoms with Crippen LogP contribution in [0.1, 0.15) is 17.9 Å². The smallest absolute Gasteiger partial charge is 0.224 e. The van der Waals surface area contributed by atoms with Crippen LogP contribution in [0.2, 0.25) is 0 Å². The zero-order valence-electron chi connectivity index (χ0n) is 11.5. The van der Waals surface area contributed by atoms with Crippen molar-refractivity contribution in [1.29, 1.82) is 5.26 Å². The molecule has 1 amide bonds. The van der Waals surface area contributed by atoms with Gasteiger partial charge in [-0.05, 0) is 17.7 Å². The summed E-state index contributed by atoms with van der Waals surface area (Å²) in [5.74, 6) is 0.254. The second-order valence-corrected chi connectivity index (χ2v) is 4.66. The number of carbonyl (C=O) groups excluding carboxylic acids is 1. The van der Waals surface area contributed by atoms with E-state index >= 15 is 0 Å². The molecule has 5 heteroatoms. The lowest BCUT2D eigenvalue weighted by Crippen LogP contribution is -2.41. The first-order valence-electron chi connectivity index (χ1n) is 6.63. The number of hydrogen-bond donors (Lipinski definition) is 0. The van der Waals surface area contributed by atoms with E-state index in [1.807, 2.05) is 18.2 Å². The van der Waals surface area contributed by atoms with Gasteiger partial charge in [0.1, 0.15) is 5.75 Å². The van der Waals surface area contributed by atoms with Crippen molar-refractivity contribution >= 4 is 5.91 Å². The molecule has 2 rings (SSSR count). The second-order valence-electron chi connectivity index (χ2n) is 4.66. The highest BCUT2D eigenvalue weighted by molar-refractivity contribution is 5.77. The Kier molecular flexibility index (Phi) is 4.97. The van der Waals surface area contributed by atoms with Crippen LogP contribution in [0.4, 0.5) is 0 Å². The summed E-state index contributed by atoms with van der Waals surface area (Å²) >= 11 is 0. The minimum atomic E-state index is -0.444. The van der Waals surface area contributed by atoms with Crippen LogP contribution in [-0.2, 0) is 9.53 Å². The zero-order chi connectivity index (χ0) is 14.4. The van der Waals surface area contributed by atoms with E-state index in [1.165, 1.54) is 0 Å². The molecule has 5 nitrogen and oxygen atoms in total. The van der Waals surface area contributed by atoms with Crippen LogP contribution in [0.25, 0.3) is 0 Å². The Morgan fingerprint density at radius 1 is 1.50 bits per heavy atom. The van der Waals surface area contributed by atoms with E-state index in [0.29, 0.717) is 32.1 Å². The monoisotopic (exact) mass is 274 g/mol. The second kappa shape index (κ2) is 6.92. The molecule has 1 aliphatic rings. The Morgan fingerprint density at radius 3 is 2.90 bits per heavy atom. The number of morpholine rings is 1. The molecule has 106 valence electrons. The van der Waals surface area contributed by atoms with Crippen molar-refractivity contribution in [2.24, 2.45) is 0 Å². The van der Waals surface area contributed by atoms with Gasteiger partial charge >= 0.3 is 0 Å². The fourth-order valence-corrected chi connectivity index (χ4v) is 2.21. The van der Waals surface area contributed by atoms with Gasteiger partial charge in [0.25, 0.3) is 0 Å². The largest absolute Gasteiger partial charge is 0.497 e. The minimum absolute atomic E-state index is 0.00247. The maximum absolute atomic E-state index is 12.2. The number of methoxy groups -OCH3 is 1. The lowest BCUT2D eigenvalue weighted by atomic mass is 9.96. The molecule has 1 unspecified atom stereocenters. The molecular weight excluding hydrogens is 256 g/mol. The highest BCUT2D eigenvalue weighted by Crippen LogP contribution is 2.24. The van der Waals surface area contributed by atoms with E-state index in [2.05, 4.69) is 6.07 Å². The van der Waals surface area contributed by atoms with Crippen molar-refractivity contribution in [3.8, 4) is 11.8 Å². The quantitative estimate of drug-likeness (QED) is 0.835. The molecule has 0 radical (unpaired) electrons. The van der Waals surface area contributed by atoms with Gasteiger partial charge in [0.05, 0.1) is 32.3 Å². The van der Waals surface area contributed by atoms with Crippen LogP contribution < -0.4 is 4.74 Å². The number of rotatable bonds is 4. The van der Waals surface area contributed by atoms with Gasteiger partial charge in [-0.1, -0.05) is 12.1 Å². The fourth-order valence-electron chi connectivity index (χ4n) is 2.21. The Bertz CT molecular complexity index is 504. The van der Waals surface area contributed by atoms with E-state index in [1.54, 1.807) is 18.1 Å². The molecule has 0 bridgehead atoms. The molecule has 1 heterocycles. The van der Waals surface area contributed by atoms with Crippen molar-refractivity contribution in [2.45, 2.75) is 12.3 Å². The Labute approximate surface area is 118 Å². The van der Waals surface area contributed by atoms with Gasteiger partial charge in [-0.25, -0.2) is 0 Å². The highest BCUT2D eigenvalue weighted by Gasteiger charge is 2.22. The summed E-state index contributed by atoms with van der Waals surface area (Å²) in [6.45, 7) is 2.36. The van der Waals surface area contributed by atoms with Crippen LogP contribution in [0, 0.1) is 11.3 Å². The number of nitrogens with zero attached hydrogens (tertiary/aromatic N) is 2. The topological polar surface area (TPSA) is 62.6 Å². The van der Waals surface area contributed by atoms with Crippen molar-refractivity contribution in [1.82, 2.24) is 4.90 Å². The SMILES string of the molecule is COc1cccc(C(C#N)CC(=O)N2CCOCC2)c1. The molecule has 20 heavy (non-hydrogen) atoms. The Morgan fingerprint density at radius 2 is 2.25 bits per heavy atom. The average Bonchev–Trinajstić information content (AvgIpc) is 2.53. The molecule has 1 fully saturated rings. The third-order valence-electron chi connectivity index (χ3n) is 3.39. The van der Waals surface area contributed by atoms with Crippen LogP contribution in [0.5, 0.6) is 5.75 Å². The van der Waals surface area contributed by atoms with Gasteiger partial charge in [-0.15, -0.1) is 0 Å². The van der Waals surface area contributed by atoms with E-state index in [4.69, 9.17) is 9.47 Å². The number of amides is 1. The summed E-state index contributed by atoms with van der Waals surface area (Å²) in [6.07, 6.45) is 0.198. The van der Waals surface area contributed by atoms with Crippen molar-refractivity contribution in [3.63, 3.8) is 0 Å². The molecule has 1 aliphatic heterocycles. The number of benzene rings is 1. The predicted octanol–water partition coefficient (Wildman–Crippen LogP) is 1.55. The Hall–Kier alpha value is -2.06. The molecule has 1 aromatic carbocycles. The summed E-state index contributed by atoms with van der Waals surface area (Å²) in [4.78, 5) is 13.9. The molecule has 0 aliphatic carbocycles. The minimum Gasteiger partial charge on any atom is -0.497 e. The van der Waals surface area contributed by atoms with Crippen molar-refractivity contribution in [3.05, 3.63) is 29.8 Å². The number of nitriles is 1. The summed E-state index contributed by atoms with van der Waals surface area (Å²) in [5.41, 5.74) is 0.813. The molecule has 1 aromatic rings. The molecule has 1 saturated heterocycles. The maximum Gasteiger partial charge on any atom is 0.224 e. The van der Waals surface area contributed by atoms with Crippen LogP contribution in [0.3, 0.4) is 0 Å². The fraction of sp³-hybridized carbons (Fsp3) is 0.467. The molecule has 0 saturated carbocycles. The van der Waals surface area contributed by atoms with E-state index in [9.17, 15) is 10.1 Å². The van der Waals surface area contributed by atoms with Gasteiger partial charge < -0.3 is 14.4 Å². The molecule has 1 atom stereocenters. The highest BCUT2D eigenvalue weighted by atomic mass is 16.5. The molecule has 0 N–H and O–H groups in total. The molecule has 0 aromatic heterocycles. The standard InChI is InChI=1S/C15H18N2O3/c1-19-14-4-2-3-12(9-14)13(11-16)10-15(18)17-5-7-20-8-6-17/h2-4,9,13H,5-8,10H2,1H3. The van der Waals surface area contributed by atoms with E-state index in [0.717, 1.165) is 5.56 Å². The lowest BCUT2D eigenvalue weighted by molar-refractivity contribution is -0.135. The van der Waals surface area contributed by atoms with Gasteiger partial charge in [0, 0.05) is 19.5 Å². The van der Waals surface area contributed by atoms with E-state index in [-0.39, 0.29) is 12.3 Å². The molecule has 0 spiro atoms. The van der Waals surface area contributed by atoms with E-state index < -0.39 is 5.92 Å². The molecular formula is C15H18N2O3. The zero-order valence-corrected chi connectivity index (χ0v) is 11.5. The van der Waals surface area contributed by atoms with Crippen molar-refractivity contribution in [2.75, 3.05) is 33.4 Å². The van der Waals surface area contributed by atoms with Crippen LogP contribution in [-0.4, -0.2) is 44.2 Å². The van der Waals surface area contributed by atoms with Gasteiger partial charge in [-0.3, -0.25) is 4.79 Å². The van der Waals surface area contributed by atoms with Gasteiger partial charge in [0.2, 0.25) is 5.91 Å². The van der Waals surface area contributed by atoms with Gasteiger partial charge in [-0.2, -0.15) is 5.26 Å². The van der Waals surface area contributed by atoms with Crippen LogP contribution >= 0.6 is 0 Å². The predicted molar refractivity (Wildman–Crippen MR) is 73.4 cm³/mol. The van der Waals surface area contributed by atoms with Crippen molar-refractivity contribution < 1.29 is 14.3 Å². The average molecular weight is 274 g/mol. The Balaban J connectivity index is 2.04. The van der Waals surface area contributed by atoms with Gasteiger partial charge in [0.15, 0.2) is 0 Å². The normalized spacial score (nSPS) is 16.3. The number of hydrogen-bond acceptors (Lipinski definition) is 4. The summed E-state index contributed by atoms with van der Waals surface area (Å²) in [5, 5.41) is 9.30. The first-order valence-corrected chi connectivity index (χ1v) is 6.63. The lowest BCUT2D eigenvalue weighted by Gasteiger charge is -2.27. The maximum atomic E-state index is 12.2. The first kappa shape index (κ1) is 14.4. The number of ether oxygens (including phenoxy) is 2. The third kappa shape index (κ3) is 3.49. The van der Waals surface area contributed by atoms with Crippen LogP contribution in [0.15, 0.2) is 24.3 Å². The first-order chi connectivity index (χ1) is 9.74.